The lowest BCUT2D eigenvalue weighted by Gasteiger charge is -2.14. The van der Waals surface area contributed by atoms with Gasteiger partial charge in [-0.15, -0.1) is 0 Å². The summed E-state index contributed by atoms with van der Waals surface area (Å²) in [5.41, 5.74) is 1.53. The van der Waals surface area contributed by atoms with Gasteiger partial charge in [-0.3, -0.25) is 4.79 Å². The average Bonchev–Trinajstić information content (AvgIpc) is 2.67. The van der Waals surface area contributed by atoms with Crippen LogP contribution in [0, 0.1) is 5.82 Å². The highest BCUT2D eigenvalue weighted by atomic mass is 19.1. The smallest absolute Gasteiger partial charge is 0.244 e. The fraction of sp³-hybridized carbons (Fsp3) is 0.0909. The first-order valence-electron chi connectivity index (χ1n) is 8.53. The number of halogens is 1. The second-order valence-electron chi connectivity index (χ2n) is 5.96. The maximum atomic E-state index is 13.2. The van der Waals surface area contributed by atoms with E-state index in [1.807, 2.05) is 43.3 Å². The standard InChI is InChI=1S/C22H19FN2O2/c1-16(25-21(26)12-11-17-6-4-8-19(23)14-17)18-7-5-9-20(15-18)27-22-10-2-3-13-24-22/h2-16H,1H3,(H,25,26)/t16-/m0/s1. The molecule has 0 bridgehead atoms. The van der Waals surface area contributed by atoms with E-state index >= 15 is 0 Å². The number of hydrogen-bond acceptors (Lipinski definition) is 3. The monoisotopic (exact) mass is 362 g/mol. The van der Waals surface area contributed by atoms with Crippen LogP contribution < -0.4 is 10.1 Å². The molecule has 0 spiro atoms. The molecule has 1 amide bonds. The summed E-state index contributed by atoms with van der Waals surface area (Å²) in [5, 5.41) is 2.88. The SMILES string of the molecule is C[C@H](NC(=O)C=Cc1cccc(F)c1)c1cccc(Oc2ccccn2)c1. The lowest BCUT2D eigenvalue weighted by atomic mass is 10.1. The van der Waals surface area contributed by atoms with Crippen molar-refractivity contribution in [3.8, 4) is 11.6 Å². The van der Waals surface area contributed by atoms with Crippen molar-refractivity contribution in [2.45, 2.75) is 13.0 Å². The Balaban J connectivity index is 1.62. The van der Waals surface area contributed by atoms with E-state index in [9.17, 15) is 9.18 Å². The van der Waals surface area contributed by atoms with Crippen LogP contribution in [-0.4, -0.2) is 10.9 Å². The van der Waals surface area contributed by atoms with E-state index in [1.54, 1.807) is 30.5 Å². The Morgan fingerprint density at radius 2 is 1.96 bits per heavy atom. The van der Waals surface area contributed by atoms with Gasteiger partial charge in [0, 0.05) is 18.3 Å². The van der Waals surface area contributed by atoms with Gasteiger partial charge in [-0.05, 0) is 54.5 Å². The Morgan fingerprint density at radius 3 is 2.74 bits per heavy atom. The van der Waals surface area contributed by atoms with Gasteiger partial charge >= 0.3 is 0 Å². The molecule has 5 heteroatoms. The first kappa shape index (κ1) is 18.3. The number of benzene rings is 2. The molecule has 0 aliphatic heterocycles. The summed E-state index contributed by atoms with van der Waals surface area (Å²) < 4.78 is 18.9. The molecule has 3 rings (SSSR count). The Kier molecular flexibility index (Phi) is 5.94. The highest BCUT2D eigenvalue weighted by Crippen LogP contribution is 2.23. The van der Waals surface area contributed by atoms with E-state index in [4.69, 9.17) is 4.74 Å². The third-order valence-corrected chi connectivity index (χ3v) is 3.85. The van der Waals surface area contributed by atoms with Gasteiger partial charge < -0.3 is 10.1 Å². The zero-order valence-electron chi connectivity index (χ0n) is 14.8. The van der Waals surface area contributed by atoms with Gasteiger partial charge in [0.25, 0.3) is 0 Å². The zero-order valence-corrected chi connectivity index (χ0v) is 14.8. The van der Waals surface area contributed by atoms with Crippen molar-refractivity contribution in [1.29, 1.82) is 0 Å². The molecule has 4 nitrogen and oxygen atoms in total. The Hall–Kier alpha value is -3.47. The second-order valence-corrected chi connectivity index (χ2v) is 5.96. The number of carbonyl (C=O) groups excluding carboxylic acids is 1. The number of ether oxygens (including phenoxy) is 1. The van der Waals surface area contributed by atoms with Crippen LogP contribution >= 0.6 is 0 Å². The number of rotatable bonds is 6. The van der Waals surface area contributed by atoms with Crippen molar-refractivity contribution in [3.63, 3.8) is 0 Å². The van der Waals surface area contributed by atoms with Crippen molar-refractivity contribution >= 4 is 12.0 Å². The van der Waals surface area contributed by atoms with Crippen molar-refractivity contribution in [3.05, 3.63) is 95.9 Å². The third kappa shape index (κ3) is 5.51. The summed E-state index contributed by atoms with van der Waals surface area (Å²) in [6.45, 7) is 1.88. The largest absolute Gasteiger partial charge is 0.439 e. The van der Waals surface area contributed by atoms with Crippen LogP contribution in [0.1, 0.15) is 24.1 Å². The van der Waals surface area contributed by atoms with E-state index in [2.05, 4.69) is 10.3 Å². The first-order valence-corrected chi connectivity index (χ1v) is 8.53. The summed E-state index contributed by atoms with van der Waals surface area (Å²) in [4.78, 5) is 16.3. The van der Waals surface area contributed by atoms with Gasteiger partial charge in [0.15, 0.2) is 0 Å². The molecule has 0 saturated heterocycles. The number of amides is 1. The molecule has 0 aliphatic rings. The molecule has 1 N–H and O–H groups in total. The van der Waals surface area contributed by atoms with Crippen molar-refractivity contribution in [2.75, 3.05) is 0 Å². The lowest BCUT2D eigenvalue weighted by molar-refractivity contribution is -0.117. The molecule has 3 aromatic rings. The van der Waals surface area contributed by atoms with E-state index in [-0.39, 0.29) is 17.8 Å². The molecule has 136 valence electrons. The predicted molar refractivity (Wildman–Crippen MR) is 103 cm³/mol. The fourth-order valence-corrected chi connectivity index (χ4v) is 2.50. The van der Waals surface area contributed by atoms with Gasteiger partial charge in [0.2, 0.25) is 11.8 Å². The van der Waals surface area contributed by atoms with E-state index < -0.39 is 0 Å². The zero-order chi connectivity index (χ0) is 19.1. The molecule has 1 aromatic heterocycles. The van der Waals surface area contributed by atoms with Crippen LogP contribution in [0.4, 0.5) is 4.39 Å². The lowest BCUT2D eigenvalue weighted by Crippen LogP contribution is -2.24. The van der Waals surface area contributed by atoms with Gasteiger partial charge in [0.05, 0.1) is 6.04 Å². The Labute approximate surface area is 157 Å². The van der Waals surface area contributed by atoms with Gasteiger partial charge in [0.1, 0.15) is 11.6 Å². The minimum Gasteiger partial charge on any atom is -0.439 e. The predicted octanol–water partition coefficient (Wildman–Crippen LogP) is 4.90. The molecule has 0 saturated carbocycles. The first-order chi connectivity index (χ1) is 13.1. The van der Waals surface area contributed by atoms with E-state index in [1.165, 1.54) is 18.2 Å². The number of nitrogens with zero attached hydrogens (tertiary/aromatic N) is 1. The molecular weight excluding hydrogens is 343 g/mol. The summed E-state index contributed by atoms with van der Waals surface area (Å²) in [5.74, 6) is 0.547. The normalized spacial score (nSPS) is 11.9. The van der Waals surface area contributed by atoms with Crippen molar-refractivity contribution < 1.29 is 13.9 Å². The van der Waals surface area contributed by atoms with E-state index in [0.29, 0.717) is 17.2 Å². The van der Waals surface area contributed by atoms with Gasteiger partial charge in [-0.1, -0.05) is 30.3 Å². The highest BCUT2D eigenvalue weighted by molar-refractivity contribution is 5.91. The number of pyridine rings is 1. The molecule has 0 unspecified atom stereocenters. The number of nitrogens with one attached hydrogen (secondary N) is 1. The van der Waals surface area contributed by atoms with Gasteiger partial charge in [-0.2, -0.15) is 0 Å². The summed E-state index contributed by atoms with van der Waals surface area (Å²) in [6.07, 6.45) is 4.62. The fourth-order valence-electron chi connectivity index (χ4n) is 2.50. The molecule has 0 fully saturated rings. The summed E-state index contributed by atoms with van der Waals surface area (Å²) in [6, 6.07) is 18.7. The number of carbonyl (C=O) groups is 1. The van der Waals surface area contributed by atoms with Crippen LogP contribution in [0.15, 0.2) is 79.0 Å². The molecule has 0 radical (unpaired) electrons. The van der Waals surface area contributed by atoms with E-state index in [0.717, 1.165) is 5.56 Å². The topological polar surface area (TPSA) is 51.2 Å². The van der Waals surface area contributed by atoms with Crippen molar-refractivity contribution in [2.24, 2.45) is 0 Å². The maximum Gasteiger partial charge on any atom is 0.244 e. The molecule has 0 aliphatic carbocycles. The molecule has 27 heavy (non-hydrogen) atoms. The Morgan fingerprint density at radius 1 is 1.11 bits per heavy atom. The molecule has 1 heterocycles. The quantitative estimate of drug-likeness (QED) is 0.634. The average molecular weight is 362 g/mol. The minimum absolute atomic E-state index is 0.220. The van der Waals surface area contributed by atoms with Crippen molar-refractivity contribution in [1.82, 2.24) is 10.3 Å². The second kappa shape index (κ2) is 8.76. The summed E-state index contributed by atoms with van der Waals surface area (Å²) in [7, 11) is 0. The molecule has 1 atom stereocenters. The minimum atomic E-state index is -0.337. The van der Waals surface area contributed by atoms with Crippen LogP contribution in [0.25, 0.3) is 6.08 Å². The van der Waals surface area contributed by atoms with Crippen LogP contribution in [0.3, 0.4) is 0 Å². The van der Waals surface area contributed by atoms with Gasteiger partial charge in [-0.25, -0.2) is 9.37 Å². The third-order valence-electron chi connectivity index (χ3n) is 3.85. The number of hydrogen-bond donors (Lipinski definition) is 1. The highest BCUT2D eigenvalue weighted by Gasteiger charge is 2.09. The Bertz CT molecular complexity index is 942. The summed E-state index contributed by atoms with van der Waals surface area (Å²) >= 11 is 0. The molecule has 2 aromatic carbocycles. The van der Waals surface area contributed by atoms with Crippen LogP contribution in [0.5, 0.6) is 11.6 Å². The maximum absolute atomic E-state index is 13.2. The van der Waals surface area contributed by atoms with Crippen LogP contribution in [0.2, 0.25) is 0 Å². The van der Waals surface area contributed by atoms with Crippen LogP contribution in [-0.2, 0) is 4.79 Å². The molecular formula is C22H19FN2O2. The number of aromatic nitrogens is 1.